The minimum Gasteiger partial charge on any atom is -0.263 e. The van der Waals surface area contributed by atoms with Crippen molar-refractivity contribution in [2.45, 2.75) is 11.9 Å². The summed E-state index contributed by atoms with van der Waals surface area (Å²) in [6.45, 7) is 0. The van der Waals surface area contributed by atoms with Gasteiger partial charge in [-0.1, -0.05) is 12.1 Å². The van der Waals surface area contributed by atoms with Gasteiger partial charge in [0.25, 0.3) is 0 Å². The molecule has 0 aliphatic rings. The molecule has 0 atom stereocenters. The van der Waals surface area contributed by atoms with Gasteiger partial charge in [-0.2, -0.15) is 13.2 Å². The molecular weight excluding hydrogens is 365 g/mol. The van der Waals surface area contributed by atoms with Crippen LogP contribution in [0.2, 0.25) is 0 Å². The SMILES string of the molecule is CNS(=O)(=O)Cc1ccc(N(Br)C(=O)C(F)(F)F)cc1. The van der Waals surface area contributed by atoms with Gasteiger partial charge in [-0.15, -0.1) is 0 Å². The molecule has 0 heterocycles. The molecule has 0 unspecified atom stereocenters. The number of rotatable bonds is 4. The first-order valence-electron chi connectivity index (χ1n) is 5.14. The molecule has 0 radical (unpaired) electrons. The molecular formula is C10H10BrF3N2O3S. The second-order valence-electron chi connectivity index (χ2n) is 3.71. The lowest BCUT2D eigenvalue weighted by Crippen LogP contribution is -2.34. The summed E-state index contributed by atoms with van der Waals surface area (Å²) >= 11 is 2.52. The third-order valence-corrected chi connectivity index (χ3v) is 4.32. The van der Waals surface area contributed by atoms with Crippen LogP contribution in [0, 0.1) is 0 Å². The summed E-state index contributed by atoms with van der Waals surface area (Å²) in [5.41, 5.74) is 0.321. The van der Waals surface area contributed by atoms with E-state index in [1.807, 2.05) is 0 Å². The van der Waals surface area contributed by atoms with Crippen molar-refractivity contribution >= 4 is 37.8 Å². The van der Waals surface area contributed by atoms with Crippen molar-refractivity contribution in [1.29, 1.82) is 0 Å². The number of carbonyl (C=O) groups excluding carboxylic acids is 1. The zero-order valence-electron chi connectivity index (χ0n) is 10.1. The molecule has 1 rings (SSSR count). The summed E-state index contributed by atoms with van der Waals surface area (Å²) in [6, 6.07) is 5.06. The van der Waals surface area contributed by atoms with Gasteiger partial charge in [0.1, 0.15) is 0 Å². The number of hydrogen-bond acceptors (Lipinski definition) is 3. The van der Waals surface area contributed by atoms with E-state index in [9.17, 15) is 26.4 Å². The molecule has 5 nitrogen and oxygen atoms in total. The third-order valence-electron chi connectivity index (χ3n) is 2.25. The number of anilines is 1. The highest BCUT2D eigenvalue weighted by atomic mass is 79.9. The van der Waals surface area contributed by atoms with Crippen molar-refractivity contribution in [1.82, 2.24) is 4.72 Å². The van der Waals surface area contributed by atoms with Crippen molar-refractivity contribution in [3.63, 3.8) is 0 Å². The highest BCUT2D eigenvalue weighted by Crippen LogP contribution is 2.26. The minimum absolute atomic E-state index is 0.0575. The summed E-state index contributed by atoms with van der Waals surface area (Å²) in [4.78, 5) is 11.0. The van der Waals surface area contributed by atoms with E-state index in [0.29, 0.717) is 5.56 Å². The summed E-state index contributed by atoms with van der Waals surface area (Å²) < 4.78 is 61.6. The van der Waals surface area contributed by atoms with Crippen molar-refractivity contribution in [2.75, 3.05) is 11.0 Å². The van der Waals surface area contributed by atoms with Gasteiger partial charge in [0.05, 0.1) is 27.6 Å². The van der Waals surface area contributed by atoms with Crippen LogP contribution in [0.1, 0.15) is 5.56 Å². The van der Waals surface area contributed by atoms with Gasteiger partial charge < -0.3 is 0 Å². The maximum atomic E-state index is 12.2. The van der Waals surface area contributed by atoms with Crippen LogP contribution in [0.25, 0.3) is 0 Å². The second kappa shape index (κ2) is 6.10. The Kier molecular flexibility index (Phi) is 5.16. The van der Waals surface area contributed by atoms with Gasteiger partial charge in [-0.25, -0.2) is 17.1 Å². The first-order chi connectivity index (χ1) is 9.07. The second-order valence-corrected chi connectivity index (χ2v) is 6.35. The third kappa shape index (κ3) is 4.46. The molecule has 1 amide bonds. The average Bonchev–Trinajstić information content (AvgIpc) is 2.36. The standard InChI is InChI=1S/C10H10BrF3N2O3S/c1-15-20(18,19)6-7-2-4-8(5-3-7)16(11)9(17)10(12,13)14/h2-5,15H,6H2,1H3. The largest absolute Gasteiger partial charge is 0.472 e. The van der Waals surface area contributed by atoms with E-state index in [1.165, 1.54) is 31.3 Å². The zero-order valence-corrected chi connectivity index (χ0v) is 12.5. The number of nitrogens with one attached hydrogen (secondary N) is 1. The van der Waals surface area contributed by atoms with Gasteiger partial charge in [0.15, 0.2) is 0 Å². The minimum atomic E-state index is -5.00. The van der Waals surface area contributed by atoms with Gasteiger partial charge in [0.2, 0.25) is 10.0 Å². The first kappa shape index (κ1) is 16.9. The Morgan fingerprint density at radius 3 is 2.20 bits per heavy atom. The van der Waals surface area contributed by atoms with E-state index in [0.717, 1.165) is 0 Å². The topological polar surface area (TPSA) is 66.5 Å². The Balaban J connectivity index is 2.90. The Morgan fingerprint density at radius 2 is 1.80 bits per heavy atom. The Labute approximate surface area is 122 Å². The number of alkyl halides is 3. The van der Waals surface area contributed by atoms with Gasteiger partial charge in [-0.05, 0) is 24.7 Å². The van der Waals surface area contributed by atoms with Crippen molar-refractivity contribution in [2.24, 2.45) is 0 Å². The molecule has 0 aliphatic carbocycles. The number of carbonyl (C=O) groups is 1. The number of amides is 1. The van der Waals surface area contributed by atoms with E-state index >= 15 is 0 Å². The normalized spacial score (nSPS) is 12.2. The maximum absolute atomic E-state index is 12.2. The van der Waals surface area contributed by atoms with Crippen LogP contribution in [0.15, 0.2) is 24.3 Å². The van der Waals surface area contributed by atoms with Crippen LogP contribution in [-0.2, 0) is 20.6 Å². The molecule has 0 bridgehead atoms. The maximum Gasteiger partial charge on any atom is 0.472 e. The van der Waals surface area contributed by atoms with Crippen LogP contribution in [-0.4, -0.2) is 27.5 Å². The van der Waals surface area contributed by atoms with Crippen LogP contribution >= 0.6 is 16.1 Å². The van der Waals surface area contributed by atoms with Crippen LogP contribution < -0.4 is 8.65 Å². The first-order valence-corrected chi connectivity index (χ1v) is 7.50. The molecule has 0 aromatic heterocycles. The molecule has 20 heavy (non-hydrogen) atoms. The summed E-state index contributed by atoms with van der Waals surface area (Å²) in [5, 5.41) is 0. The Bertz CT molecular complexity index is 587. The molecule has 0 fully saturated rings. The van der Waals surface area contributed by atoms with Gasteiger partial charge in [0, 0.05) is 0 Å². The quantitative estimate of drug-likeness (QED) is 0.819. The number of halogens is 4. The monoisotopic (exact) mass is 374 g/mol. The molecule has 0 saturated heterocycles. The number of nitrogens with zero attached hydrogens (tertiary/aromatic N) is 1. The van der Waals surface area contributed by atoms with Crippen LogP contribution in [0.4, 0.5) is 18.9 Å². The highest BCUT2D eigenvalue weighted by molar-refractivity contribution is 9.10. The molecule has 1 N–H and O–H groups in total. The van der Waals surface area contributed by atoms with E-state index in [2.05, 4.69) is 20.9 Å². The fourth-order valence-electron chi connectivity index (χ4n) is 1.24. The average molecular weight is 375 g/mol. The molecule has 1 aromatic rings. The van der Waals surface area contributed by atoms with Crippen molar-refractivity contribution < 1.29 is 26.4 Å². The number of sulfonamides is 1. The fourth-order valence-corrected chi connectivity index (χ4v) is 2.46. The number of hydrogen-bond donors (Lipinski definition) is 1. The molecule has 1 aromatic carbocycles. The lowest BCUT2D eigenvalue weighted by atomic mass is 10.2. The van der Waals surface area contributed by atoms with Crippen LogP contribution in [0.5, 0.6) is 0 Å². The van der Waals surface area contributed by atoms with Crippen LogP contribution in [0.3, 0.4) is 0 Å². The highest BCUT2D eigenvalue weighted by Gasteiger charge is 2.42. The van der Waals surface area contributed by atoms with E-state index < -0.39 is 22.1 Å². The predicted octanol–water partition coefficient (Wildman–Crippen LogP) is 1.94. The summed E-state index contributed by atoms with van der Waals surface area (Å²) in [7, 11) is -2.21. The molecule has 112 valence electrons. The summed E-state index contributed by atoms with van der Waals surface area (Å²) in [5.74, 6) is -2.38. The fraction of sp³-hybridized carbons (Fsp3) is 0.300. The number of benzene rings is 1. The lowest BCUT2D eigenvalue weighted by molar-refractivity contribution is -0.168. The Hall–Kier alpha value is -1.13. The molecule has 10 heteroatoms. The van der Waals surface area contributed by atoms with Crippen molar-refractivity contribution in [3.05, 3.63) is 29.8 Å². The zero-order chi connectivity index (χ0) is 15.6. The Morgan fingerprint density at radius 1 is 1.30 bits per heavy atom. The predicted molar refractivity (Wildman–Crippen MR) is 70.6 cm³/mol. The van der Waals surface area contributed by atoms with E-state index in [1.54, 1.807) is 0 Å². The molecule has 0 aliphatic heterocycles. The lowest BCUT2D eigenvalue weighted by Gasteiger charge is -2.16. The van der Waals surface area contributed by atoms with E-state index in [-0.39, 0.29) is 15.4 Å². The van der Waals surface area contributed by atoms with E-state index in [4.69, 9.17) is 0 Å². The smallest absolute Gasteiger partial charge is 0.263 e. The molecule has 0 spiro atoms. The summed E-state index contributed by atoms with van der Waals surface area (Å²) in [6.07, 6.45) is -5.00. The van der Waals surface area contributed by atoms with Gasteiger partial charge >= 0.3 is 12.1 Å². The van der Waals surface area contributed by atoms with Crippen molar-refractivity contribution in [3.8, 4) is 0 Å². The molecule has 0 saturated carbocycles. The van der Waals surface area contributed by atoms with Gasteiger partial charge in [-0.3, -0.25) is 4.79 Å².